The highest BCUT2D eigenvalue weighted by molar-refractivity contribution is 6.02. The van der Waals surface area contributed by atoms with Gasteiger partial charge in [0, 0.05) is 37.6 Å². The summed E-state index contributed by atoms with van der Waals surface area (Å²) in [5.74, 6) is 0.0346. The molecule has 3 heterocycles. The molecule has 0 spiro atoms. The summed E-state index contributed by atoms with van der Waals surface area (Å²) in [6, 6.07) is 6.39. The fourth-order valence-corrected chi connectivity index (χ4v) is 3.95. The molecule has 2 aromatic rings. The van der Waals surface area contributed by atoms with Gasteiger partial charge in [-0.1, -0.05) is 6.92 Å². The van der Waals surface area contributed by atoms with Crippen LogP contribution in [-0.2, 0) is 16.6 Å². The molecule has 1 atom stereocenters. The van der Waals surface area contributed by atoms with E-state index in [1.54, 1.807) is 0 Å². The SMILES string of the molecule is CC1CCN(c2ccc3c(C4CCC(=O)NC4=O)nn(C)c3c2)CC1. The van der Waals surface area contributed by atoms with Crippen molar-refractivity contribution in [3.63, 3.8) is 0 Å². The lowest BCUT2D eigenvalue weighted by Crippen LogP contribution is -2.39. The van der Waals surface area contributed by atoms with Gasteiger partial charge in [0.1, 0.15) is 0 Å². The van der Waals surface area contributed by atoms with Crippen molar-refractivity contribution in [1.82, 2.24) is 15.1 Å². The molecule has 0 saturated carbocycles. The largest absolute Gasteiger partial charge is 0.371 e. The fourth-order valence-electron chi connectivity index (χ4n) is 3.95. The van der Waals surface area contributed by atoms with Crippen LogP contribution in [0.25, 0.3) is 10.9 Å². The van der Waals surface area contributed by atoms with Crippen LogP contribution in [0.3, 0.4) is 0 Å². The molecule has 1 N–H and O–H groups in total. The Morgan fingerprint density at radius 1 is 1.16 bits per heavy atom. The number of nitrogens with zero attached hydrogens (tertiary/aromatic N) is 3. The van der Waals surface area contributed by atoms with E-state index in [1.807, 2.05) is 11.7 Å². The van der Waals surface area contributed by atoms with Gasteiger partial charge in [-0.3, -0.25) is 19.6 Å². The van der Waals surface area contributed by atoms with Gasteiger partial charge in [0.2, 0.25) is 11.8 Å². The van der Waals surface area contributed by atoms with E-state index in [-0.39, 0.29) is 17.7 Å². The van der Waals surface area contributed by atoms with E-state index in [1.165, 1.54) is 18.5 Å². The van der Waals surface area contributed by atoms with Crippen LogP contribution < -0.4 is 10.2 Å². The van der Waals surface area contributed by atoms with Crippen LogP contribution >= 0.6 is 0 Å². The predicted molar refractivity (Wildman–Crippen MR) is 96.4 cm³/mol. The lowest BCUT2D eigenvalue weighted by molar-refractivity contribution is -0.134. The predicted octanol–water partition coefficient (Wildman–Crippen LogP) is 2.33. The van der Waals surface area contributed by atoms with Gasteiger partial charge >= 0.3 is 0 Å². The van der Waals surface area contributed by atoms with Crippen molar-refractivity contribution in [3.05, 3.63) is 23.9 Å². The lowest BCUT2D eigenvalue weighted by atomic mass is 9.92. The summed E-state index contributed by atoms with van der Waals surface area (Å²) < 4.78 is 1.85. The minimum Gasteiger partial charge on any atom is -0.371 e. The summed E-state index contributed by atoms with van der Waals surface area (Å²) in [5, 5.41) is 8.05. The second-order valence-electron chi connectivity index (χ2n) is 7.38. The zero-order valence-electron chi connectivity index (χ0n) is 14.8. The first-order valence-corrected chi connectivity index (χ1v) is 9.08. The maximum Gasteiger partial charge on any atom is 0.235 e. The van der Waals surface area contributed by atoms with E-state index in [0.717, 1.165) is 35.6 Å². The topological polar surface area (TPSA) is 67.2 Å². The van der Waals surface area contributed by atoms with Crippen LogP contribution in [0.15, 0.2) is 18.2 Å². The number of imide groups is 1. The average molecular weight is 340 g/mol. The van der Waals surface area contributed by atoms with Gasteiger partial charge in [-0.15, -0.1) is 0 Å². The number of aromatic nitrogens is 2. The van der Waals surface area contributed by atoms with Gasteiger partial charge in [0.15, 0.2) is 0 Å². The summed E-state index contributed by atoms with van der Waals surface area (Å²) in [5.41, 5.74) is 3.04. The number of benzene rings is 1. The molecular formula is C19H24N4O2. The summed E-state index contributed by atoms with van der Waals surface area (Å²) in [6.45, 7) is 4.49. The quantitative estimate of drug-likeness (QED) is 0.852. The van der Waals surface area contributed by atoms with Crippen molar-refractivity contribution in [2.45, 2.75) is 38.5 Å². The number of rotatable bonds is 2. The molecule has 2 aliphatic rings. The number of hydrogen-bond donors (Lipinski definition) is 1. The number of nitrogens with one attached hydrogen (secondary N) is 1. The van der Waals surface area contributed by atoms with Crippen LogP contribution in [0.4, 0.5) is 5.69 Å². The first-order valence-electron chi connectivity index (χ1n) is 9.08. The Labute approximate surface area is 147 Å². The van der Waals surface area contributed by atoms with Crippen LogP contribution in [0.1, 0.15) is 44.2 Å². The number of carbonyl (C=O) groups excluding carboxylic acids is 2. The molecule has 1 unspecified atom stereocenters. The second kappa shape index (κ2) is 6.17. The first-order chi connectivity index (χ1) is 12.0. The van der Waals surface area contributed by atoms with Crippen molar-refractivity contribution in [1.29, 1.82) is 0 Å². The third-order valence-corrected chi connectivity index (χ3v) is 5.58. The van der Waals surface area contributed by atoms with Gasteiger partial charge < -0.3 is 4.90 Å². The summed E-state index contributed by atoms with van der Waals surface area (Å²) >= 11 is 0. The normalized spacial score (nSPS) is 22.5. The molecule has 2 saturated heterocycles. The fraction of sp³-hybridized carbons (Fsp3) is 0.526. The van der Waals surface area contributed by atoms with Crippen molar-refractivity contribution in [3.8, 4) is 0 Å². The summed E-state index contributed by atoms with van der Waals surface area (Å²) in [6.07, 6.45) is 3.36. The van der Waals surface area contributed by atoms with Crippen LogP contribution in [-0.4, -0.2) is 34.7 Å². The van der Waals surface area contributed by atoms with E-state index in [9.17, 15) is 9.59 Å². The maximum absolute atomic E-state index is 12.2. The van der Waals surface area contributed by atoms with Crippen LogP contribution in [0.2, 0.25) is 0 Å². The van der Waals surface area contributed by atoms with Gasteiger partial charge in [-0.25, -0.2) is 0 Å². The monoisotopic (exact) mass is 340 g/mol. The third-order valence-electron chi connectivity index (χ3n) is 5.58. The van der Waals surface area contributed by atoms with E-state index in [2.05, 4.69) is 40.4 Å². The zero-order valence-corrected chi connectivity index (χ0v) is 14.8. The minimum atomic E-state index is -0.344. The molecule has 2 amide bonds. The van der Waals surface area contributed by atoms with Crippen molar-refractivity contribution in [2.75, 3.05) is 18.0 Å². The van der Waals surface area contributed by atoms with Gasteiger partial charge in [0.25, 0.3) is 0 Å². The third kappa shape index (κ3) is 2.90. The molecule has 2 aliphatic heterocycles. The minimum absolute atomic E-state index is 0.192. The molecule has 0 aliphatic carbocycles. The molecule has 6 nitrogen and oxygen atoms in total. The van der Waals surface area contributed by atoms with E-state index in [4.69, 9.17) is 0 Å². The number of anilines is 1. The summed E-state index contributed by atoms with van der Waals surface area (Å²) in [7, 11) is 1.92. The average Bonchev–Trinajstić information content (AvgIpc) is 2.92. The Balaban J connectivity index is 1.67. The Kier molecular flexibility index (Phi) is 3.98. The van der Waals surface area contributed by atoms with Crippen molar-refractivity contribution < 1.29 is 9.59 Å². The Morgan fingerprint density at radius 3 is 2.64 bits per heavy atom. The summed E-state index contributed by atoms with van der Waals surface area (Å²) in [4.78, 5) is 26.0. The number of fused-ring (bicyclic) bond motifs is 1. The standard InChI is InChI=1S/C19H24N4O2/c1-12-7-9-23(10-8-12)13-3-4-14-16(11-13)22(2)21-18(14)15-5-6-17(24)20-19(15)25/h3-4,11-12,15H,5-10H2,1-2H3,(H,20,24,25). The molecule has 132 valence electrons. The number of aryl methyl sites for hydroxylation is 1. The zero-order chi connectivity index (χ0) is 17.6. The maximum atomic E-state index is 12.2. The Hall–Kier alpha value is -2.37. The van der Waals surface area contributed by atoms with Gasteiger partial charge in [0.05, 0.1) is 17.1 Å². The number of piperidine rings is 2. The molecule has 0 radical (unpaired) electrons. The number of carbonyl (C=O) groups is 2. The molecule has 1 aromatic heterocycles. The van der Waals surface area contributed by atoms with E-state index >= 15 is 0 Å². The van der Waals surface area contributed by atoms with E-state index < -0.39 is 0 Å². The van der Waals surface area contributed by atoms with Gasteiger partial charge in [-0.05, 0) is 43.4 Å². The molecule has 4 rings (SSSR count). The van der Waals surface area contributed by atoms with Crippen LogP contribution in [0, 0.1) is 5.92 Å². The van der Waals surface area contributed by atoms with Gasteiger partial charge in [-0.2, -0.15) is 5.10 Å². The molecule has 0 bridgehead atoms. The highest BCUT2D eigenvalue weighted by atomic mass is 16.2. The smallest absolute Gasteiger partial charge is 0.235 e. The molecule has 1 aromatic carbocycles. The lowest BCUT2D eigenvalue weighted by Gasteiger charge is -2.32. The Morgan fingerprint density at radius 2 is 1.92 bits per heavy atom. The van der Waals surface area contributed by atoms with Crippen molar-refractivity contribution in [2.24, 2.45) is 13.0 Å². The second-order valence-corrected chi connectivity index (χ2v) is 7.38. The highest BCUT2D eigenvalue weighted by Crippen LogP contribution is 2.33. The van der Waals surface area contributed by atoms with Crippen LogP contribution in [0.5, 0.6) is 0 Å². The molecule has 6 heteroatoms. The number of amides is 2. The molecular weight excluding hydrogens is 316 g/mol. The Bertz CT molecular complexity index is 833. The number of hydrogen-bond acceptors (Lipinski definition) is 4. The van der Waals surface area contributed by atoms with Crippen molar-refractivity contribution >= 4 is 28.4 Å². The van der Waals surface area contributed by atoms with E-state index in [0.29, 0.717) is 12.8 Å². The molecule has 2 fully saturated rings. The highest BCUT2D eigenvalue weighted by Gasteiger charge is 2.31. The first kappa shape index (κ1) is 16.1. The molecule has 25 heavy (non-hydrogen) atoms.